The van der Waals surface area contributed by atoms with E-state index in [0.29, 0.717) is 0 Å². The molecule has 1 aromatic heterocycles. The smallest absolute Gasteiger partial charge is 0.116 e. The van der Waals surface area contributed by atoms with Crippen LogP contribution in [0.25, 0.3) is 32.9 Å². The van der Waals surface area contributed by atoms with Crippen LogP contribution >= 0.6 is 0 Å². The number of aromatic nitrogens is 2. The third-order valence-corrected chi connectivity index (χ3v) is 4.67. The van der Waals surface area contributed by atoms with E-state index in [1.165, 1.54) is 27.5 Å². The number of para-hydroxylation sites is 1. The van der Waals surface area contributed by atoms with E-state index < -0.39 is 0 Å². The topological polar surface area (TPSA) is 25.8 Å². The largest absolute Gasteiger partial charge is 0.236 e. The van der Waals surface area contributed by atoms with Crippen molar-refractivity contribution >= 4 is 21.7 Å². The van der Waals surface area contributed by atoms with Crippen molar-refractivity contribution in [1.82, 2.24) is 9.97 Å². The zero-order chi connectivity index (χ0) is 14.5. The fourth-order valence-electron chi connectivity index (χ4n) is 3.67. The maximum absolute atomic E-state index is 4.60. The van der Waals surface area contributed by atoms with Crippen LogP contribution < -0.4 is 0 Å². The Morgan fingerprint density at radius 2 is 1.50 bits per heavy atom. The lowest BCUT2D eigenvalue weighted by Crippen LogP contribution is -1.91. The Hall–Kier alpha value is -2.74. The SMILES string of the molecule is c1ccc2c(-c3ccc4c5c(cccc35)CC4)ncnc2c1. The van der Waals surface area contributed by atoms with Gasteiger partial charge in [0.15, 0.2) is 0 Å². The molecule has 0 radical (unpaired) electrons. The number of nitrogens with zero attached hydrogens (tertiary/aromatic N) is 2. The second kappa shape index (κ2) is 4.38. The first-order valence-corrected chi connectivity index (χ1v) is 7.65. The highest BCUT2D eigenvalue weighted by molar-refractivity contribution is 6.05. The van der Waals surface area contributed by atoms with E-state index in [9.17, 15) is 0 Å². The van der Waals surface area contributed by atoms with Crippen LogP contribution in [-0.2, 0) is 12.8 Å². The molecule has 0 fully saturated rings. The molecule has 5 rings (SSSR count). The van der Waals surface area contributed by atoms with E-state index in [0.717, 1.165) is 29.4 Å². The second-order valence-electron chi connectivity index (χ2n) is 5.85. The summed E-state index contributed by atoms with van der Waals surface area (Å²) in [6.07, 6.45) is 3.97. The summed E-state index contributed by atoms with van der Waals surface area (Å²) in [6, 6.07) is 19.4. The Labute approximate surface area is 128 Å². The van der Waals surface area contributed by atoms with E-state index in [-0.39, 0.29) is 0 Å². The number of rotatable bonds is 1. The first-order valence-electron chi connectivity index (χ1n) is 7.65. The summed E-state index contributed by atoms with van der Waals surface area (Å²) in [6.45, 7) is 0. The molecule has 2 heteroatoms. The van der Waals surface area contributed by atoms with E-state index in [4.69, 9.17) is 0 Å². The third-order valence-electron chi connectivity index (χ3n) is 4.67. The fraction of sp³-hybridized carbons (Fsp3) is 0.100. The molecule has 0 amide bonds. The highest BCUT2D eigenvalue weighted by Gasteiger charge is 2.17. The van der Waals surface area contributed by atoms with Crippen molar-refractivity contribution in [2.24, 2.45) is 0 Å². The molecule has 0 spiro atoms. The Kier molecular flexibility index (Phi) is 2.36. The van der Waals surface area contributed by atoms with Crippen molar-refractivity contribution in [3.63, 3.8) is 0 Å². The summed E-state index contributed by atoms with van der Waals surface area (Å²) in [5.74, 6) is 0. The summed E-state index contributed by atoms with van der Waals surface area (Å²) in [5, 5.41) is 3.86. The maximum Gasteiger partial charge on any atom is 0.116 e. The fourth-order valence-corrected chi connectivity index (χ4v) is 3.67. The van der Waals surface area contributed by atoms with Crippen LogP contribution in [0.2, 0.25) is 0 Å². The predicted molar refractivity (Wildman–Crippen MR) is 89.9 cm³/mol. The van der Waals surface area contributed by atoms with Gasteiger partial charge in [0.1, 0.15) is 6.33 Å². The first kappa shape index (κ1) is 11.9. The van der Waals surface area contributed by atoms with Crippen molar-refractivity contribution in [2.45, 2.75) is 12.8 Å². The molecule has 0 unspecified atom stereocenters. The maximum atomic E-state index is 4.60. The van der Waals surface area contributed by atoms with Gasteiger partial charge in [0, 0.05) is 10.9 Å². The van der Waals surface area contributed by atoms with E-state index in [1.54, 1.807) is 6.33 Å². The van der Waals surface area contributed by atoms with Crippen molar-refractivity contribution in [1.29, 1.82) is 0 Å². The molecule has 0 saturated heterocycles. The minimum atomic E-state index is 0.996. The van der Waals surface area contributed by atoms with Gasteiger partial charge in [0.2, 0.25) is 0 Å². The summed E-state index contributed by atoms with van der Waals surface area (Å²) in [5.41, 5.74) is 6.17. The van der Waals surface area contributed by atoms with Crippen molar-refractivity contribution < 1.29 is 0 Å². The van der Waals surface area contributed by atoms with Crippen LogP contribution in [0.5, 0.6) is 0 Å². The molecule has 0 saturated carbocycles. The van der Waals surface area contributed by atoms with Gasteiger partial charge in [0.05, 0.1) is 11.2 Å². The molecule has 0 aliphatic heterocycles. The molecule has 1 aliphatic rings. The lowest BCUT2D eigenvalue weighted by molar-refractivity contribution is 1.02. The number of fused-ring (bicyclic) bond motifs is 1. The molecule has 0 atom stereocenters. The average Bonchev–Trinajstić information content (AvgIpc) is 3.00. The van der Waals surface area contributed by atoms with Crippen LogP contribution in [0.1, 0.15) is 11.1 Å². The van der Waals surface area contributed by atoms with Gasteiger partial charge >= 0.3 is 0 Å². The van der Waals surface area contributed by atoms with Gasteiger partial charge in [-0.15, -0.1) is 0 Å². The predicted octanol–water partition coefficient (Wildman–Crippen LogP) is 4.55. The molecule has 104 valence electrons. The van der Waals surface area contributed by atoms with E-state index in [1.807, 2.05) is 12.1 Å². The average molecular weight is 282 g/mol. The van der Waals surface area contributed by atoms with Gasteiger partial charge < -0.3 is 0 Å². The second-order valence-corrected chi connectivity index (χ2v) is 5.85. The Morgan fingerprint density at radius 1 is 0.682 bits per heavy atom. The lowest BCUT2D eigenvalue weighted by atomic mass is 9.96. The van der Waals surface area contributed by atoms with Crippen LogP contribution in [0, 0.1) is 0 Å². The molecule has 3 aromatic carbocycles. The molecule has 1 heterocycles. The molecule has 2 nitrogen and oxygen atoms in total. The third kappa shape index (κ3) is 1.55. The van der Waals surface area contributed by atoms with Gasteiger partial charge in [-0.1, -0.05) is 48.5 Å². The van der Waals surface area contributed by atoms with Gasteiger partial charge in [-0.2, -0.15) is 0 Å². The molecular weight excluding hydrogens is 268 g/mol. The first-order chi connectivity index (χ1) is 10.9. The van der Waals surface area contributed by atoms with Crippen LogP contribution in [0.4, 0.5) is 0 Å². The minimum Gasteiger partial charge on any atom is -0.236 e. The van der Waals surface area contributed by atoms with Crippen molar-refractivity contribution in [3.8, 4) is 11.3 Å². The standard InChI is InChI=1S/C20H14N2/c1-2-7-18-17(5-1)20(22-12-21-18)16-11-10-14-9-8-13-4-3-6-15(16)19(13)14/h1-7,10-12H,8-9H2. The Bertz CT molecular complexity index is 1020. The zero-order valence-corrected chi connectivity index (χ0v) is 12.1. The summed E-state index contributed by atoms with van der Waals surface area (Å²) in [7, 11) is 0. The molecule has 0 bridgehead atoms. The van der Waals surface area contributed by atoms with E-state index in [2.05, 4.69) is 52.4 Å². The van der Waals surface area contributed by atoms with E-state index >= 15 is 0 Å². The van der Waals surface area contributed by atoms with Crippen LogP contribution in [0.15, 0.2) is 60.9 Å². The van der Waals surface area contributed by atoms with Crippen molar-refractivity contribution in [3.05, 3.63) is 72.1 Å². The summed E-state index contributed by atoms with van der Waals surface area (Å²) >= 11 is 0. The van der Waals surface area contributed by atoms with Crippen molar-refractivity contribution in [2.75, 3.05) is 0 Å². The van der Waals surface area contributed by atoms with Gasteiger partial charge in [-0.3, -0.25) is 0 Å². The van der Waals surface area contributed by atoms with Gasteiger partial charge in [0.25, 0.3) is 0 Å². The highest BCUT2D eigenvalue weighted by atomic mass is 14.8. The number of aryl methyl sites for hydroxylation is 2. The van der Waals surface area contributed by atoms with Crippen LogP contribution in [0.3, 0.4) is 0 Å². The lowest BCUT2D eigenvalue weighted by Gasteiger charge is -2.10. The Balaban J connectivity index is 1.92. The normalized spacial score (nSPS) is 13.1. The number of benzene rings is 3. The molecule has 22 heavy (non-hydrogen) atoms. The minimum absolute atomic E-state index is 0.996. The molecule has 4 aromatic rings. The molecule has 1 aliphatic carbocycles. The van der Waals surface area contributed by atoms with Crippen LogP contribution in [-0.4, -0.2) is 9.97 Å². The quantitative estimate of drug-likeness (QED) is 0.512. The molecule has 0 N–H and O–H groups in total. The monoisotopic (exact) mass is 282 g/mol. The van der Waals surface area contributed by atoms with Gasteiger partial charge in [-0.05, 0) is 40.8 Å². The van der Waals surface area contributed by atoms with Gasteiger partial charge in [-0.25, -0.2) is 9.97 Å². The Morgan fingerprint density at radius 3 is 2.45 bits per heavy atom. The number of hydrogen-bond donors (Lipinski definition) is 0. The summed E-state index contributed by atoms with van der Waals surface area (Å²) < 4.78 is 0. The number of hydrogen-bond acceptors (Lipinski definition) is 2. The highest BCUT2D eigenvalue weighted by Crippen LogP contribution is 2.37. The summed E-state index contributed by atoms with van der Waals surface area (Å²) in [4.78, 5) is 8.98. The zero-order valence-electron chi connectivity index (χ0n) is 12.1. The molecular formula is C20H14N2.